The number of aromatic amines is 1. The Morgan fingerprint density at radius 1 is 1.04 bits per heavy atom. The topological polar surface area (TPSA) is 69.8 Å². The van der Waals surface area contributed by atoms with E-state index in [9.17, 15) is 4.79 Å². The van der Waals surface area contributed by atoms with Crippen LogP contribution in [0.2, 0.25) is 10.0 Å². The molecule has 1 saturated carbocycles. The molecule has 28 heavy (non-hydrogen) atoms. The molecule has 0 aliphatic heterocycles. The first-order valence-electron chi connectivity index (χ1n) is 9.62. The second-order valence-corrected chi connectivity index (χ2v) is 8.02. The second kappa shape index (κ2) is 8.41. The quantitative estimate of drug-likeness (QED) is 0.452. The number of fused-ring (bicyclic) bond motifs is 1. The van der Waals surface area contributed by atoms with Crippen LogP contribution >= 0.6 is 23.2 Å². The number of H-pyrrole nitrogens is 1. The molecule has 2 aromatic carbocycles. The molecule has 0 spiro atoms. The minimum Gasteiger partial charge on any atom is -0.349 e. The van der Waals surface area contributed by atoms with Crippen molar-refractivity contribution >= 4 is 51.8 Å². The molecule has 1 aliphatic rings. The van der Waals surface area contributed by atoms with Gasteiger partial charge in [0.25, 0.3) is 5.91 Å². The van der Waals surface area contributed by atoms with Gasteiger partial charge in [-0.3, -0.25) is 4.79 Å². The highest BCUT2D eigenvalue weighted by Crippen LogP contribution is 2.32. The summed E-state index contributed by atoms with van der Waals surface area (Å²) < 4.78 is 0. The van der Waals surface area contributed by atoms with Crippen LogP contribution in [-0.2, 0) is 0 Å². The lowest BCUT2D eigenvalue weighted by atomic mass is 10.1. The van der Waals surface area contributed by atoms with Crippen molar-refractivity contribution in [3.63, 3.8) is 0 Å². The first kappa shape index (κ1) is 19.1. The molecule has 0 bridgehead atoms. The first-order valence-corrected chi connectivity index (χ1v) is 10.4. The highest BCUT2D eigenvalue weighted by molar-refractivity contribution is 6.39. The molecule has 1 amide bonds. The number of para-hydroxylation sites is 1. The third-order valence-corrected chi connectivity index (χ3v) is 5.77. The molecule has 0 radical (unpaired) electrons. The number of nitrogens with one attached hydrogen (secondary N) is 3. The molecule has 1 aromatic heterocycles. The van der Waals surface area contributed by atoms with Crippen LogP contribution in [0.4, 0.5) is 11.6 Å². The number of carbonyl (C=O) groups is 1. The number of imidazole rings is 1. The number of carbonyl (C=O) groups excluding carboxylic acids is 1. The molecule has 1 heterocycles. The molecular weight excluding hydrogens is 395 g/mol. The van der Waals surface area contributed by atoms with Gasteiger partial charge >= 0.3 is 0 Å². The average molecular weight is 417 g/mol. The zero-order valence-corrected chi connectivity index (χ0v) is 16.9. The summed E-state index contributed by atoms with van der Waals surface area (Å²) in [7, 11) is 0. The highest BCUT2D eigenvalue weighted by atomic mass is 35.5. The Kier molecular flexibility index (Phi) is 5.74. The molecule has 1 fully saturated rings. The summed E-state index contributed by atoms with van der Waals surface area (Å²) in [4.78, 5) is 20.4. The van der Waals surface area contributed by atoms with Gasteiger partial charge in [0.1, 0.15) is 0 Å². The van der Waals surface area contributed by atoms with Crippen molar-refractivity contribution in [2.45, 2.75) is 44.6 Å². The van der Waals surface area contributed by atoms with Gasteiger partial charge in [0, 0.05) is 11.6 Å². The molecule has 3 aromatic rings. The van der Waals surface area contributed by atoms with Gasteiger partial charge in [0.05, 0.1) is 26.8 Å². The lowest BCUT2D eigenvalue weighted by Gasteiger charge is -2.16. The number of halogens is 2. The summed E-state index contributed by atoms with van der Waals surface area (Å²) in [6.07, 6.45) is 7.01. The van der Waals surface area contributed by atoms with E-state index in [4.69, 9.17) is 23.2 Å². The SMILES string of the molecule is O=C(NC1CCCCCC1)c1ccc2[nH]c(Nc3c(Cl)cccc3Cl)nc2c1. The van der Waals surface area contributed by atoms with E-state index in [2.05, 4.69) is 20.6 Å². The summed E-state index contributed by atoms with van der Waals surface area (Å²) in [5.74, 6) is 0.479. The fourth-order valence-corrected chi connectivity index (χ4v) is 4.13. The average Bonchev–Trinajstić information content (AvgIpc) is 2.91. The van der Waals surface area contributed by atoms with E-state index in [0.29, 0.717) is 32.8 Å². The maximum Gasteiger partial charge on any atom is 0.251 e. The minimum atomic E-state index is -0.0412. The van der Waals surface area contributed by atoms with E-state index >= 15 is 0 Å². The summed E-state index contributed by atoms with van der Waals surface area (Å²) in [6, 6.07) is 11.1. The summed E-state index contributed by atoms with van der Waals surface area (Å²) >= 11 is 12.4. The van der Waals surface area contributed by atoms with Gasteiger partial charge in [-0.15, -0.1) is 0 Å². The van der Waals surface area contributed by atoms with Gasteiger partial charge < -0.3 is 15.6 Å². The monoisotopic (exact) mass is 416 g/mol. The number of hydrogen-bond donors (Lipinski definition) is 3. The van der Waals surface area contributed by atoms with E-state index in [1.165, 1.54) is 25.7 Å². The van der Waals surface area contributed by atoms with Crippen LogP contribution in [0.5, 0.6) is 0 Å². The van der Waals surface area contributed by atoms with Gasteiger partial charge in [0.15, 0.2) is 0 Å². The maximum atomic E-state index is 12.7. The van der Waals surface area contributed by atoms with Crippen LogP contribution in [0.25, 0.3) is 11.0 Å². The Morgan fingerprint density at radius 2 is 1.75 bits per heavy atom. The number of amides is 1. The number of benzene rings is 2. The Bertz CT molecular complexity index is 973. The van der Waals surface area contributed by atoms with Crippen molar-refractivity contribution in [2.75, 3.05) is 5.32 Å². The highest BCUT2D eigenvalue weighted by Gasteiger charge is 2.17. The summed E-state index contributed by atoms with van der Waals surface area (Å²) in [6.45, 7) is 0. The Labute approximate surface area is 173 Å². The Hall–Kier alpha value is -2.24. The standard InChI is InChI=1S/C21H22Cl2N4O/c22-15-8-5-9-16(23)19(15)27-21-25-17-11-10-13(12-18(17)26-21)20(28)24-14-6-3-1-2-4-7-14/h5,8-12,14H,1-4,6-7H2,(H,24,28)(H2,25,26,27). The molecule has 3 N–H and O–H groups in total. The van der Waals surface area contributed by atoms with Crippen LogP contribution in [0.1, 0.15) is 48.9 Å². The van der Waals surface area contributed by atoms with Crippen LogP contribution < -0.4 is 10.6 Å². The van der Waals surface area contributed by atoms with Crippen molar-refractivity contribution in [1.29, 1.82) is 0 Å². The van der Waals surface area contributed by atoms with Crippen molar-refractivity contribution in [3.8, 4) is 0 Å². The Balaban J connectivity index is 1.52. The lowest BCUT2D eigenvalue weighted by Crippen LogP contribution is -2.34. The third-order valence-electron chi connectivity index (χ3n) is 5.14. The number of hydrogen-bond acceptors (Lipinski definition) is 3. The van der Waals surface area contributed by atoms with Crippen LogP contribution in [0.3, 0.4) is 0 Å². The van der Waals surface area contributed by atoms with E-state index in [-0.39, 0.29) is 11.9 Å². The number of nitrogens with zero attached hydrogens (tertiary/aromatic N) is 1. The van der Waals surface area contributed by atoms with Crippen molar-refractivity contribution in [2.24, 2.45) is 0 Å². The zero-order chi connectivity index (χ0) is 19.5. The molecular formula is C21H22Cl2N4O. The smallest absolute Gasteiger partial charge is 0.251 e. The van der Waals surface area contributed by atoms with E-state index in [1.54, 1.807) is 24.3 Å². The van der Waals surface area contributed by atoms with Gasteiger partial charge in [-0.25, -0.2) is 4.98 Å². The summed E-state index contributed by atoms with van der Waals surface area (Å²) in [5, 5.41) is 7.32. The zero-order valence-electron chi connectivity index (χ0n) is 15.4. The number of anilines is 2. The summed E-state index contributed by atoms with van der Waals surface area (Å²) in [5.41, 5.74) is 2.75. The molecule has 0 unspecified atom stereocenters. The molecule has 4 rings (SSSR count). The first-order chi connectivity index (χ1) is 13.6. The Morgan fingerprint density at radius 3 is 2.46 bits per heavy atom. The van der Waals surface area contributed by atoms with E-state index < -0.39 is 0 Å². The lowest BCUT2D eigenvalue weighted by molar-refractivity contribution is 0.0933. The van der Waals surface area contributed by atoms with Gasteiger partial charge in [-0.1, -0.05) is 55.0 Å². The van der Waals surface area contributed by atoms with Crippen molar-refractivity contribution in [3.05, 3.63) is 52.0 Å². The maximum absolute atomic E-state index is 12.7. The molecule has 0 saturated heterocycles. The van der Waals surface area contributed by atoms with Crippen molar-refractivity contribution < 1.29 is 4.79 Å². The van der Waals surface area contributed by atoms with E-state index in [0.717, 1.165) is 18.4 Å². The van der Waals surface area contributed by atoms with Crippen LogP contribution in [0.15, 0.2) is 36.4 Å². The molecule has 5 nitrogen and oxygen atoms in total. The largest absolute Gasteiger partial charge is 0.349 e. The van der Waals surface area contributed by atoms with Crippen molar-refractivity contribution in [1.82, 2.24) is 15.3 Å². The second-order valence-electron chi connectivity index (χ2n) is 7.20. The molecule has 0 atom stereocenters. The molecule has 1 aliphatic carbocycles. The molecule has 146 valence electrons. The minimum absolute atomic E-state index is 0.0412. The van der Waals surface area contributed by atoms with Gasteiger partial charge in [-0.2, -0.15) is 0 Å². The normalized spacial score (nSPS) is 15.4. The fourth-order valence-electron chi connectivity index (χ4n) is 3.63. The third kappa shape index (κ3) is 4.26. The predicted octanol–water partition coefficient (Wildman–Crippen LogP) is 6.07. The predicted molar refractivity (Wildman–Crippen MR) is 115 cm³/mol. The fraction of sp³-hybridized carbons (Fsp3) is 0.333. The number of aromatic nitrogens is 2. The van der Waals surface area contributed by atoms with Gasteiger partial charge in [-0.05, 0) is 43.2 Å². The van der Waals surface area contributed by atoms with Crippen LogP contribution in [0, 0.1) is 0 Å². The van der Waals surface area contributed by atoms with Gasteiger partial charge in [0.2, 0.25) is 5.95 Å². The molecule has 7 heteroatoms. The van der Waals surface area contributed by atoms with Crippen LogP contribution in [-0.4, -0.2) is 21.9 Å². The van der Waals surface area contributed by atoms with E-state index in [1.807, 2.05) is 12.1 Å². The number of rotatable bonds is 4.